The fourth-order valence-corrected chi connectivity index (χ4v) is 7.43. The maximum absolute atomic E-state index is 13.3. The summed E-state index contributed by atoms with van der Waals surface area (Å²) in [5.74, 6) is 0.762. The van der Waals surface area contributed by atoms with Crippen molar-refractivity contribution in [2.24, 2.45) is 11.8 Å². The van der Waals surface area contributed by atoms with Crippen molar-refractivity contribution in [3.63, 3.8) is 0 Å². The van der Waals surface area contributed by atoms with E-state index in [1.54, 1.807) is 12.1 Å². The first-order valence-corrected chi connectivity index (χ1v) is 28.5. The summed E-state index contributed by atoms with van der Waals surface area (Å²) < 4.78 is 160. The molecule has 0 aliphatic heterocycles. The zero-order valence-corrected chi connectivity index (χ0v) is 41.3. The van der Waals surface area contributed by atoms with Crippen LogP contribution in [0.3, 0.4) is 0 Å². The first kappa shape index (κ1) is 55.3. The Bertz CT molecular complexity index is 2200. The molecule has 0 unspecified atom stereocenters. The van der Waals surface area contributed by atoms with Gasteiger partial charge in [0.1, 0.15) is 0 Å². The van der Waals surface area contributed by atoms with Gasteiger partial charge in [-0.2, -0.15) is 64.8 Å². The van der Waals surface area contributed by atoms with E-state index in [0.717, 1.165) is 68.5 Å². The van der Waals surface area contributed by atoms with Crippen LogP contribution in [-0.2, 0) is 71.2 Å². The van der Waals surface area contributed by atoms with Crippen molar-refractivity contribution in [1.82, 2.24) is 0 Å². The molecule has 0 bridgehead atoms. The number of fused-ring (bicyclic) bond motifs is 2. The third-order valence-corrected chi connectivity index (χ3v) is 9.87. The molecule has 64 heavy (non-hydrogen) atoms. The minimum atomic E-state index is -4.87. The number of rotatable bonds is 8. The number of benzene rings is 4. The molecule has 0 saturated heterocycles. The summed E-state index contributed by atoms with van der Waals surface area (Å²) >= 11 is -0.826. The Morgan fingerprint density at radius 2 is 0.766 bits per heavy atom. The van der Waals surface area contributed by atoms with Crippen molar-refractivity contribution >= 4 is 48.1 Å². The number of hydrogen-bond acceptors (Lipinski definition) is 0. The van der Waals surface area contributed by atoms with Crippen LogP contribution in [-0.4, -0.2) is 9.52 Å². The molecule has 6 aromatic carbocycles. The first-order valence-electron chi connectivity index (χ1n) is 20.2. The van der Waals surface area contributed by atoms with Gasteiger partial charge in [0.25, 0.3) is 0 Å². The predicted molar refractivity (Wildman–Crippen MR) is 235 cm³/mol. The number of halogens is 14. The van der Waals surface area contributed by atoms with Crippen LogP contribution in [0.25, 0.3) is 43.8 Å². The first-order chi connectivity index (χ1) is 29.6. The molecule has 0 fully saturated rings. The molecule has 346 valence electrons. The molecule has 2 radical (unpaired) electrons. The summed E-state index contributed by atoms with van der Waals surface area (Å²) in [6.45, 7) is 16.2. The quantitative estimate of drug-likeness (QED) is 0.0810. The standard InChI is InChI=1S/2C23H21F6.C2H6Si.2ClH.Zr/c2*1-4-15-5-6-16-8-14(7-13(2)3)9-20(16)21(15)17-10-18(22(24,25)26)12-19(11-17)23(27,28)29;1-3-2;;;/h2*5-6,8-13H,4,7H2,1-3H3;1-2H3;2*1H;/q2*-1;;;;+4/p-2. The van der Waals surface area contributed by atoms with Crippen LogP contribution in [0.2, 0.25) is 13.1 Å². The topological polar surface area (TPSA) is 0 Å². The number of hydrogen-bond donors (Lipinski definition) is 0. The molecule has 0 atom stereocenters. The van der Waals surface area contributed by atoms with Crippen LogP contribution in [0.4, 0.5) is 52.7 Å². The number of alkyl halides is 12. The second-order valence-corrected chi connectivity index (χ2v) is 20.7. The molecule has 0 N–H and O–H groups in total. The van der Waals surface area contributed by atoms with E-state index in [1.165, 1.54) is 0 Å². The van der Waals surface area contributed by atoms with E-state index < -0.39 is 67.8 Å². The Hall–Kier alpha value is -3.06. The number of aryl methyl sites for hydroxylation is 2. The van der Waals surface area contributed by atoms with Gasteiger partial charge in [0.05, 0.1) is 22.3 Å². The van der Waals surface area contributed by atoms with Gasteiger partial charge in [-0.3, -0.25) is 0 Å². The Morgan fingerprint density at radius 3 is 0.984 bits per heavy atom. The van der Waals surface area contributed by atoms with Gasteiger partial charge in [-0.25, -0.2) is 0 Å². The minimum absolute atomic E-state index is 0.0590. The molecule has 0 heterocycles. The Kier molecular flexibility index (Phi) is 19.9. The van der Waals surface area contributed by atoms with Crippen molar-refractivity contribution in [2.45, 2.75) is 105 Å². The van der Waals surface area contributed by atoms with Gasteiger partial charge in [-0.1, -0.05) is 76.9 Å². The maximum atomic E-state index is 13.3. The summed E-state index contributed by atoms with van der Waals surface area (Å²) in [7, 11) is 11.0. The van der Waals surface area contributed by atoms with Crippen LogP contribution < -0.4 is 0 Å². The Morgan fingerprint density at radius 1 is 0.500 bits per heavy atom. The van der Waals surface area contributed by atoms with Crippen molar-refractivity contribution < 1.29 is 73.5 Å². The third-order valence-electron chi connectivity index (χ3n) is 9.87. The normalized spacial score (nSPS) is 12.1. The molecule has 0 spiro atoms. The fourth-order valence-electron chi connectivity index (χ4n) is 7.43. The molecule has 0 amide bonds. The van der Waals surface area contributed by atoms with Gasteiger partial charge in [-0.05, 0) is 85.0 Å². The fraction of sp³-hybridized carbons (Fsp3) is 0.375. The van der Waals surface area contributed by atoms with Crippen molar-refractivity contribution in [1.29, 1.82) is 0 Å². The van der Waals surface area contributed by atoms with Gasteiger partial charge in [0.2, 0.25) is 0 Å². The Labute approximate surface area is 387 Å². The van der Waals surface area contributed by atoms with E-state index >= 15 is 0 Å². The third kappa shape index (κ3) is 15.0. The second-order valence-electron chi connectivity index (χ2n) is 16.0. The van der Waals surface area contributed by atoms with Crippen molar-refractivity contribution in [3.05, 3.63) is 129 Å². The summed E-state index contributed by atoms with van der Waals surface area (Å²) in [5, 5.41) is 3.01. The molecular weight excluding hydrogens is 995 g/mol. The zero-order chi connectivity index (χ0) is 48.5. The summed E-state index contributed by atoms with van der Waals surface area (Å²) in [6.07, 6.45) is -16.9. The molecule has 0 aliphatic rings. The van der Waals surface area contributed by atoms with Crippen LogP contribution in [0.1, 0.15) is 86.1 Å². The molecule has 0 aromatic heterocycles. The molecule has 6 aromatic rings. The zero-order valence-electron chi connectivity index (χ0n) is 36.4. The van der Waals surface area contributed by atoms with Gasteiger partial charge in [-0.15, -0.1) is 69.1 Å². The van der Waals surface area contributed by atoms with Crippen LogP contribution in [0, 0.1) is 11.8 Å². The van der Waals surface area contributed by atoms with Gasteiger partial charge >= 0.3 is 62.6 Å². The monoisotopic (exact) mass is 1040 g/mol. The van der Waals surface area contributed by atoms with E-state index in [4.69, 9.17) is 17.0 Å². The molecule has 0 saturated carbocycles. The molecule has 0 aliphatic carbocycles. The van der Waals surface area contributed by atoms with E-state index in [9.17, 15) is 52.7 Å². The van der Waals surface area contributed by atoms with Crippen molar-refractivity contribution in [2.75, 3.05) is 0 Å². The van der Waals surface area contributed by atoms with Gasteiger partial charge in [0, 0.05) is 9.52 Å². The molecular formula is C48H48Cl2F12SiZr. The predicted octanol–water partition coefficient (Wildman–Crippen LogP) is 18.2. The summed E-state index contributed by atoms with van der Waals surface area (Å²) in [6, 6.07) is 18.6. The second kappa shape index (κ2) is 23.1. The van der Waals surface area contributed by atoms with E-state index in [1.807, 2.05) is 50.2 Å². The SMILES string of the molecule is CCc1ccc2[cH-]c(CC(C)C)cc2c1-c1cc(C(F)(F)F)cc(C(F)(F)F)c1.CCc1ccc2[cH-]c(CC(C)C)cc2c1-c1cc(C(F)(F)F)cc(C(F)(F)F)c1.C[Si]C.[Cl][Zr+2][Cl]. The van der Waals surface area contributed by atoms with E-state index in [0.29, 0.717) is 57.7 Å². The van der Waals surface area contributed by atoms with Crippen molar-refractivity contribution in [3.8, 4) is 22.3 Å². The molecule has 6 rings (SSSR count). The van der Waals surface area contributed by atoms with Crippen LogP contribution in [0.5, 0.6) is 0 Å². The van der Waals surface area contributed by atoms with E-state index in [-0.39, 0.29) is 23.3 Å². The molecule has 0 nitrogen and oxygen atoms in total. The Balaban J connectivity index is 0.000000303. The molecule has 16 heteroatoms. The van der Waals surface area contributed by atoms with E-state index in [2.05, 4.69) is 40.8 Å². The summed E-state index contributed by atoms with van der Waals surface area (Å²) in [5.41, 5.74) is -0.949. The van der Waals surface area contributed by atoms with Gasteiger partial charge < -0.3 is 0 Å². The average Bonchev–Trinajstić information content (AvgIpc) is 3.78. The van der Waals surface area contributed by atoms with Crippen LogP contribution >= 0.6 is 17.0 Å². The average molecular weight is 1040 g/mol. The van der Waals surface area contributed by atoms with Crippen LogP contribution in [0.15, 0.2) is 84.9 Å². The summed E-state index contributed by atoms with van der Waals surface area (Å²) in [4.78, 5) is 0. The van der Waals surface area contributed by atoms with Gasteiger partial charge in [0.15, 0.2) is 0 Å².